The number of aromatic nitrogens is 2. The number of nitrogens with zero attached hydrogens (tertiary/aromatic N) is 2. The quantitative estimate of drug-likeness (QED) is 0.780. The van der Waals surface area contributed by atoms with Crippen LogP contribution in [0.4, 0.5) is 5.69 Å². The summed E-state index contributed by atoms with van der Waals surface area (Å²) >= 11 is 0. The van der Waals surface area contributed by atoms with Crippen LogP contribution in [0.15, 0.2) is 36.5 Å². The Labute approximate surface area is 129 Å². The van der Waals surface area contributed by atoms with Gasteiger partial charge >= 0.3 is 0 Å². The number of amides is 1. The van der Waals surface area contributed by atoms with Crippen molar-refractivity contribution in [3.05, 3.63) is 64.7 Å². The third-order valence-electron chi connectivity index (χ3n) is 3.86. The molecule has 2 aromatic heterocycles. The van der Waals surface area contributed by atoms with Crippen molar-refractivity contribution in [2.45, 2.75) is 27.7 Å². The molecule has 0 spiro atoms. The number of carbonyl (C=O) groups is 1. The zero-order valence-corrected chi connectivity index (χ0v) is 13.3. The molecule has 1 amide bonds. The lowest BCUT2D eigenvalue weighted by molar-refractivity contribution is 0.102. The first kappa shape index (κ1) is 14.3. The Kier molecular flexibility index (Phi) is 3.45. The summed E-state index contributed by atoms with van der Waals surface area (Å²) in [6, 6.07) is 9.88. The van der Waals surface area contributed by atoms with Gasteiger partial charge < -0.3 is 9.72 Å². The Hall–Kier alpha value is -2.62. The average molecular weight is 293 g/mol. The molecule has 0 atom stereocenters. The highest BCUT2D eigenvalue weighted by Gasteiger charge is 2.17. The summed E-state index contributed by atoms with van der Waals surface area (Å²) in [5, 5.41) is 3.01. The van der Waals surface area contributed by atoms with Gasteiger partial charge in [0.1, 0.15) is 5.82 Å². The number of hydrogen-bond donors (Lipinski definition) is 1. The Bertz CT molecular complexity index is 854. The van der Waals surface area contributed by atoms with Crippen molar-refractivity contribution in [2.24, 2.45) is 0 Å². The van der Waals surface area contributed by atoms with E-state index in [1.807, 2.05) is 49.6 Å². The Balaban J connectivity index is 2.01. The lowest BCUT2D eigenvalue weighted by atomic mass is 10.0. The number of imidazole rings is 1. The molecule has 0 aliphatic rings. The van der Waals surface area contributed by atoms with E-state index < -0.39 is 0 Å². The van der Waals surface area contributed by atoms with E-state index in [1.54, 1.807) is 0 Å². The molecule has 112 valence electrons. The molecule has 0 saturated heterocycles. The molecule has 0 radical (unpaired) electrons. The maximum absolute atomic E-state index is 12.6. The topological polar surface area (TPSA) is 46.4 Å². The molecule has 3 rings (SSSR count). The Morgan fingerprint density at radius 2 is 1.77 bits per heavy atom. The zero-order chi connectivity index (χ0) is 15.9. The number of rotatable bonds is 2. The van der Waals surface area contributed by atoms with Crippen LogP contribution in [0, 0.1) is 27.7 Å². The third-order valence-corrected chi connectivity index (χ3v) is 3.86. The predicted octanol–water partition coefficient (Wildman–Crippen LogP) is 3.82. The molecule has 0 aliphatic carbocycles. The van der Waals surface area contributed by atoms with Crippen molar-refractivity contribution in [2.75, 3.05) is 5.32 Å². The zero-order valence-electron chi connectivity index (χ0n) is 13.3. The minimum absolute atomic E-state index is 0.174. The van der Waals surface area contributed by atoms with Gasteiger partial charge in [0.25, 0.3) is 5.91 Å². The Morgan fingerprint density at radius 1 is 1.09 bits per heavy atom. The van der Waals surface area contributed by atoms with Gasteiger partial charge in [-0.05, 0) is 51.0 Å². The van der Waals surface area contributed by atoms with Crippen molar-refractivity contribution in [3.8, 4) is 0 Å². The van der Waals surface area contributed by atoms with Gasteiger partial charge in [-0.3, -0.25) is 4.79 Å². The molecule has 4 nitrogen and oxygen atoms in total. The smallest absolute Gasteiger partial charge is 0.276 e. The first-order chi connectivity index (χ1) is 10.5. The number of aryl methyl sites for hydroxylation is 4. The summed E-state index contributed by atoms with van der Waals surface area (Å²) in [7, 11) is 0. The number of nitrogens with one attached hydrogen (secondary N) is 1. The normalized spacial score (nSPS) is 10.9. The van der Waals surface area contributed by atoms with Crippen molar-refractivity contribution in [3.63, 3.8) is 0 Å². The van der Waals surface area contributed by atoms with Gasteiger partial charge in [0.15, 0.2) is 5.69 Å². The van der Waals surface area contributed by atoms with Gasteiger partial charge in [0, 0.05) is 11.9 Å². The van der Waals surface area contributed by atoms with Gasteiger partial charge in [-0.25, -0.2) is 4.98 Å². The second-order valence-corrected chi connectivity index (χ2v) is 5.69. The molecule has 0 unspecified atom stereocenters. The van der Waals surface area contributed by atoms with Gasteiger partial charge in [-0.1, -0.05) is 23.8 Å². The third kappa shape index (κ3) is 2.37. The molecular formula is C18H19N3O. The lowest BCUT2D eigenvalue weighted by Crippen LogP contribution is -2.15. The standard InChI is InChI=1S/C18H19N3O/c1-11-9-12(2)16(13(3)10-11)20-18(22)17-15-7-5-6-8-21(15)14(4)19-17/h5-10H,1-4H3,(H,20,22). The lowest BCUT2D eigenvalue weighted by Gasteiger charge is -2.12. The van der Waals surface area contributed by atoms with E-state index in [9.17, 15) is 4.79 Å². The number of fused-ring (bicyclic) bond motifs is 1. The maximum atomic E-state index is 12.6. The van der Waals surface area contributed by atoms with Gasteiger partial charge in [0.05, 0.1) is 5.52 Å². The number of benzene rings is 1. The molecule has 3 aromatic rings. The summed E-state index contributed by atoms with van der Waals surface area (Å²) < 4.78 is 1.92. The summed E-state index contributed by atoms with van der Waals surface area (Å²) in [5.74, 6) is 0.630. The summed E-state index contributed by atoms with van der Waals surface area (Å²) in [4.78, 5) is 17.1. The van der Waals surface area contributed by atoms with Crippen LogP contribution in [0.5, 0.6) is 0 Å². The van der Waals surface area contributed by atoms with E-state index in [0.29, 0.717) is 5.69 Å². The van der Waals surface area contributed by atoms with Crippen molar-refractivity contribution >= 4 is 17.1 Å². The fourth-order valence-corrected chi connectivity index (χ4v) is 2.91. The van der Waals surface area contributed by atoms with Crippen LogP contribution in [-0.2, 0) is 0 Å². The molecule has 0 bridgehead atoms. The summed E-state index contributed by atoms with van der Waals surface area (Å²) in [6.07, 6.45) is 1.91. The molecule has 4 heteroatoms. The Morgan fingerprint density at radius 3 is 2.45 bits per heavy atom. The van der Waals surface area contributed by atoms with Gasteiger partial charge in [-0.2, -0.15) is 0 Å². The van der Waals surface area contributed by atoms with Crippen LogP contribution in [0.25, 0.3) is 5.52 Å². The highest BCUT2D eigenvalue weighted by Crippen LogP contribution is 2.23. The average Bonchev–Trinajstić information content (AvgIpc) is 2.80. The van der Waals surface area contributed by atoms with Crippen LogP contribution in [-0.4, -0.2) is 15.3 Å². The fourth-order valence-electron chi connectivity index (χ4n) is 2.91. The molecule has 2 heterocycles. The van der Waals surface area contributed by atoms with E-state index in [0.717, 1.165) is 28.2 Å². The second-order valence-electron chi connectivity index (χ2n) is 5.69. The first-order valence-corrected chi connectivity index (χ1v) is 7.30. The van der Waals surface area contributed by atoms with Crippen molar-refractivity contribution in [1.82, 2.24) is 9.38 Å². The summed E-state index contributed by atoms with van der Waals surface area (Å²) in [5.41, 5.74) is 5.45. The minimum Gasteiger partial charge on any atom is -0.320 e. The number of carbonyl (C=O) groups excluding carboxylic acids is 1. The van der Waals surface area contributed by atoms with E-state index in [1.165, 1.54) is 5.56 Å². The number of pyridine rings is 1. The number of anilines is 1. The van der Waals surface area contributed by atoms with Crippen LogP contribution in [0.3, 0.4) is 0 Å². The predicted molar refractivity (Wildman–Crippen MR) is 88.5 cm³/mol. The van der Waals surface area contributed by atoms with Gasteiger partial charge in [-0.15, -0.1) is 0 Å². The molecule has 0 saturated carbocycles. The maximum Gasteiger partial charge on any atom is 0.276 e. The van der Waals surface area contributed by atoms with Crippen LogP contribution < -0.4 is 5.32 Å². The molecule has 1 N–H and O–H groups in total. The molecule has 0 fully saturated rings. The van der Waals surface area contributed by atoms with Crippen molar-refractivity contribution < 1.29 is 4.79 Å². The highest BCUT2D eigenvalue weighted by molar-refractivity contribution is 6.08. The SMILES string of the molecule is Cc1cc(C)c(NC(=O)c2nc(C)n3ccccc23)c(C)c1. The second kappa shape index (κ2) is 5.30. The van der Waals surface area contributed by atoms with Gasteiger partial charge in [0.2, 0.25) is 0 Å². The van der Waals surface area contributed by atoms with E-state index >= 15 is 0 Å². The monoisotopic (exact) mass is 293 g/mol. The largest absolute Gasteiger partial charge is 0.320 e. The summed E-state index contributed by atoms with van der Waals surface area (Å²) in [6.45, 7) is 7.96. The van der Waals surface area contributed by atoms with E-state index in [2.05, 4.69) is 29.4 Å². The van der Waals surface area contributed by atoms with Crippen molar-refractivity contribution in [1.29, 1.82) is 0 Å². The van der Waals surface area contributed by atoms with Crippen LogP contribution >= 0.6 is 0 Å². The minimum atomic E-state index is -0.174. The molecule has 0 aliphatic heterocycles. The molecule has 1 aromatic carbocycles. The van der Waals surface area contributed by atoms with Crippen LogP contribution in [0.2, 0.25) is 0 Å². The molecule has 22 heavy (non-hydrogen) atoms. The van der Waals surface area contributed by atoms with Crippen LogP contribution in [0.1, 0.15) is 33.0 Å². The number of hydrogen-bond acceptors (Lipinski definition) is 2. The molecular weight excluding hydrogens is 274 g/mol. The van der Waals surface area contributed by atoms with E-state index in [-0.39, 0.29) is 5.91 Å². The highest BCUT2D eigenvalue weighted by atomic mass is 16.1. The first-order valence-electron chi connectivity index (χ1n) is 7.30. The fraction of sp³-hybridized carbons (Fsp3) is 0.222. The van der Waals surface area contributed by atoms with E-state index in [4.69, 9.17) is 0 Å².